The maximum atomic E-state index is 13.4. The van der Waals surface area contributed by atoms with Crippen molar-refractivity contribution in [3.05, 3.63) is 46.7 Å². The van der Waals surface area contributed by atoms with E-state index in [1.165, 1.54) is 0 Å². The Bertz CT molecular complexity index is 1020. The number of rotatable bonds is 7. The van der Waals surface area contributed by atoms with E-state index in [-0.39, 0.29) is 11.8 Å². The molecule has 2 aliphatic rings. The van der Waals surface area contributed by atoms with Gasteiger partial charge in [-0.05, 0) is 44.9 Å². The van der Waals surface area contributed by atoms with Crippen LogP contribution >= 0.6 is 11.6 Å². The van der Waals surface area contributed by atoms with Crippen LogP contribution in [0.1, 0.15) is 42.2 Å². The van der Waals surface area contributed by atoms with Crippen LogP contribution in [0.15, 0.2) is 30.5 Å². The van der Waals surface area contributed by atoms with Gasteiger partial charge in [0.2, 0.25) is 5.91 Å². The minimum atomic E-state index is -0.486. The third-order valence-corrected chi connectivity index (χ3v) is 6.92. The number of morpholine rings is 1. The van der Waals surface area contributed by atoms with E-state index in [0.717, 1.165) is 18.5 Å². The maximum absolute atomic E-state index is 13.4. The number of piperidine rings is 1. The number of hydrogen-bond donors (Lipinski definition) is 0. The molecular weight excluding hydrogens is 456 g/mol. The summed E-state index contributed by atoms with van der Waals surface area (Å²) in [5.41, 5.74) is 0.857. The summed E-state index contributed by atoms with van der Waals surface area (Å²) in [4.78, 5) is 30.4. The number of aromatic nitrogens is 2. The first-order valence-corrected chi connectivity index (χ1v) is 12.3. The first-order valence-electron chi connectivity index (χ1n) is 12.0. The van der Waals surface area contributed by atoms with Gasteiger partial charge in [-0.3, -0.25) is 14.3 Å². The number of likely N-dealkylation sites (tertiary alicyclic amines) is 1. The molecule has 2 aliphatic heterocycles. The first kappa shape index (κ1) is 24.5. The Labute approximate surface area is 205 Å². The molecular formula is C25H33ClN4O4. The molecule has 0 spiro atoms. The SMILES string of the molecule is CCn1cc(C(=O)N2CCC[C@@](COc3cccc(Cl)c3)(CC(=O)N3CCOCC3)C2)c(C)n1. The molecule has 0 radical (unpaired) electrons. The van der Waals surface area contributed by atoms with Crippen LogP contribution in [0.25, 0.3) is 0 Å². The number of carbonyl (C=O) groups is 2. The zero-order valence-electron chi connectivity index (χ0n) is 20.0. The molecule has 0 aliphatic carbocycles. The zero-order valence-corrected chi connectivity index (χ0v) is 20.7. The van der Waals surface area contributed by atoms with Crippen LogP contribution in [0.4, 0.5) is 0 Å². The predicted octanol–water partition coefficient (Wildman–Crippen LogP) is 3.42. The summed E-state index contributed by atoms with van der Waals surface area (Å²) in [6.07, 6.45) is 3.75. The molecule has 0 bridgehead atoms. The van der Waals surface area contributed by atoms with Gasteiger partial charge in [0.1, 0.15) is 5.75 Å². The van der Waals surface area contributed by atoms with Crippen molar-refractivity contribution in [3.63, 3.8) is 0 Å². The number of carbonyl (C=O) groups excluding carboxylic acids is 2. The second-order valence-corrected chi connectivity index (χ2v) is 9.67. The van der Waals surface area contributed by atoms with Crippen LogP contribution in [0.3, 0.4) is 0 Å². The lowest BCUT2D eigenvalue weighted by atomic mass is 9.77. The van der Waals surface area contributed by atoms with E-state index in [0.29, 0.717) is 75.3 Å². The van der Waals surface area contributed by atoms with Crippen LogP contribution in [0.5, 0.6) is 5.75 Å². The summed E-state index contributed by atoms with van der Waals surface area (Å²) >= 11 is 6.13. The molecule has 8 nitrogen and oxygen atoms in total. The standard InChI is InChI=1S/C25H33ClN4O4/c1-3-30-16-22(19(2)27-30)24(32)29-9-5-8-25(17-29,15-23(31)28-10-12-33-13-11-28)18-34-21-7-4-6-20(26)14-21/h4,6-7,14,16H,3,5,8-13,15,17-18H2,1-2H3/t25-/m1/s1. The Morgan fingerprint density at radius 1 is 1.21 bits per heavy atom. The van der Waals surface area contributed by atoms with Crippen molar-refractivity contribution in [2.45, 2.75) is 39.7 Å². The minimum absolute atomic E-state index is 0.0390. The average Bonchev–Trinajstić information content (AvgIpc) is 3.24. The van der Waals surface area contributed by atoms with E-state index in [4.69, 9.17) is 21.1 Å². The molecule has 9 heteroatoms. The largest absolute Gasteiger partial charge is 0.493 e. The average molecular weight is 489 g/mol. The zero-order chi connectivity index (χ0) is 24.1. The Hall–Kier alpha value is -2.58. The van der Waals surface area contributed by atoms with Gasteiger partial charge in [-0.25, -0.2) is 0 Å². The molecule has 184 valence electrons. The summed E-state index contributed by atoms with van der Waals surface area (Å²) < 4.78 is 13.4. The van der Waals surface area contributed by atoms with Gasteiger partial charge in [0.25, 0.3) is 5.91 Å². The Morgan fingerprint density at radius 2 is 2.00 bits per heavy atom. The monoisotopic (exact) mass is 488 g/mol. The Balaban J connectivity index is 1.54. The fraction of sp³-hybridized carbons (Fsp3) is 0.560. The number of ether oxygens (including phenoxy) is 2. The molecule has 2 saturated heterocycles. The first-order chi connectivity index (χ1) is 16.4. The number of hydrogen-bond acceptors (Lipinski definition) is 5. The van der Waals surface area contributed by atoms with E-state index in [9.17, 15) is 9.59 Å². The number of aryl methyl sites for hydroxylation is 2. The Kier molecular flexibility index (Phi) is 7.78. The van der Waals surface area contributed by atoms with Gasteiger partial charge in [-0.1, -0.05) is 17.7 Å². The van der Waals surface area contributed by atoms with Gasteiger partial charge in [0.05, 0.1) is 31.1 Å². The number of amides is 2. The maximum Gasteiger partial charge on any atom is 0.257 e. The van der Waals surface area contributed by atoms with Gasteiger partial charge in [0.15, 0.2) is 0 Å². The van der Waals surface area contributed by atoms with Gasteiger partial charge in [-0.15, -0.1) is 0 Å². The summed E-state index contributed by atoms with van der Waals surface area (Å²) in [5, 5.41) is 5.03. The van der Waals surface area contributed by atoms with Crippen LogP contribution < -0.4 is 4.74 Å². The van der Waals surface area contributed by atoms with E-state index in [2.05, 4.69) is 5.10 Å². The van der Waals surface area contributed by atoms with Gasteiger partial charge >= 0.3 is 0 Å². The van der Waals surface area contributed by atoms with E-state index >= 15 is 0 Å². The summed E-state index contributed by atoms with van der Waals surface area (Å²) in [7, 11) is 0. The van der Waals surface area contributed by atoms with Crippen molar-refractivity contribution in [1.82, 2.24) is 19.6 Å². The molecule has 2 fully saturated rings. The Morgan fingerprint density at radius 3 is 2.71 bits per heavy atom. The van der Waals surface area contributed by atoms with Crippen LogP contribution in [0, 0.1) is 12.3 Å². The lowest BCUT2D eigenvalue weighted by Gasteiger charge is -2.43. The van der Waals surface area contributed by atoms with E-state index in [1.807, 2.05) is 42.0 Å². The lowest BCUT2D eigenvalue weighted by molar-refractivity contribution is -0.139. The summed E-state index contributed by atoms with van der Waals surface area (Å²) in [6.45, 7) is 8.33. The highest BCUT2D eigenvalue weighted by Gasteiger charge is 2.41. The molecule has 0 saturated carbocycles. The lowest BCUT2D eigenvalue weighted by Crippen LogP contribution is -2.52. The van der Waals surface area contributed by atoms with Gasteiger partial charge < -0.3 is 19.3 Å². The molecule has 3 heterocycles. The van der Waals surface area contributed by atoms with E-state index < -0.39 is 5.41 Å². The molecule has 4 rings (SSSR count). The highest BCUT2D eigenvalue weighted by atomic mass is 35.5. The molecule has 2 amide bonds. The van der Waals surface area contributed by atoms with Crippen LogP contribution in [0.2, 0.25) is 5.02 Å². The second-order valence-electron chi connectivity index (χ2n) is 9.23. The molecule has 34 heavy (non-hydrogen) atoms. The highest BCUT2D eigenvalue weighted by Crippen LogP contribution is 2.36. The fourth-order valence-electron chi connectivity index (χ4n) is 4.79. The molecule has 2 aromatic rings. The quantitative estimate of drug-likeness (QED) is 0.597. The third kappa shape index (κ3) is 5.73. The van der Waals surface area contributed by atoms with Crippen molar-refractivity contribution < 1.29 is 19.1 Å². The molecule has 1 atom stereocenters. The number of benzene rings is 1. The highest BCUT2D eigenvalue weighted by molar-refractivity contribution is 6.30. The van der Waals surface area contributed by atoms with E-state index in [1.54, 1.807) is 16.8 Å². The van der Waals surface area contributed by atoms with Crippen LogP contribution in [-0.4, -0.2) is 77.4 Å². The number of nitrogens with zero attached hydrogens (tertiary/aromatic N) is 4. The topological polar surface area (TPSA) is 76.9 Å². The summed E-state index contributed by atoms with van der Waals surface area (Å²) in [6, 6.07) is 7.27. The van der Waals surface area contributed by atoms with Crippen molar-refractivity contribution in [2.24, 2.45) is 5.41 Å². The normalized spacial score (nSPS) is 20.9. The van der Waals surface area contributed by atoms with Crippen molar-refractivity contribution in [3.8, 4) is 5.75 Å². The van der Waals surface area contributed by atoms with Crippen molar-refractivity contribution in [2.75, 3.05) is 46.0 Å². The van der Waals surface area contributed by atoms with Crippen LogP contribution in [-0.2, 0) is 16.1 Å². The van der Waals surface area contributed by atoms with Gasteiger partial charge in [0, 0.05) is 55.8 Å². The predicted molar refractivity (Wildman–Crippen MR) is 129 cm³/mol. The number of halogens is 1. The minimum Gasteiger partial charge on any atom is -0.493 e. The fourth-order valence-corrected chi connectivity index (χ4v) is 4.97. The van der Waals surface area contributed by atoms with Crippen molar-refractivity contribution in [1.29, 1.82) is 0 Å². The van der Waals surface area contributed by atoms with Crippen molar-refractivity contribution >= 4 is 23.4 Å². The molecule has 0 unspecified atom stereocenters. The third-order valence-electron chi connectivity index (χ3n) is 6.68. The molecule has 1 aromatic heterocycles. The smallest absolute Gasteiger partial charge is 0.257 e. The molecule has 0 N–H and O–H groups in total. The summed E-state index contributed by atoms with van der Waals surface area (Å²) in [5.74, 6) is 0.708. The molecule has 1 aromatic carbocycles. The second kappa shape index (κ2) is 10.8. The van der Waals surface area contributed by atoms with Gasteiger partial charge in [-0.2, -0.15) is 5.10 Å².